The molecular weight excluding hydrogens is 362 g/mol. The molecule has 2 N–H and O–H groups in total. The van der Waals surface area contributed by atoms with Crippen LogP contribution in [0.1, 0.15) is 18.4 Å². The SMILES string of the molecule is C=C/C(=C\N)[C@H](C)c1ccc(OC)c(-c2cc(F)cc(OC(F)F)c2)c1F. The van der Waals surface area contributed by atoms with Gasteiger partial charge in [0.25, 0.3) is 0 Å². The predicted molar refractivity (Wildman–Crippen MR) is 95.9 cm³/mol. The second-order valence-electron chi connectivity index (χ2n) is 5.69. The van der Waals surface area contributed by atoms with Crippen LogP contribution in [0.4, 0.5) is 17.6 Å². The lowest BCUT2D eigenvalue weighted by Crippen LogP contribution is -2.05. The average Bonchev–Trinajstić information content (AvgIpc) is 2.61. The van der Waals surface area contributed by atoms with Crippen LogP contribution in [0.15, 0.2) is 54.8 Å². The fourth-order valence-electron chi connectivity index (χ4n) is 2.79. The van der Waals surface area contributed by atoms with E-state index in [-0.39, 0.29) is 22.4 Å². The fourth-order valence-corrected chi connectivity index (χ4v) is 2.79. The van der Waals surface area contributed by atoms with E-state index in [1.54, 1.807) is 6.92 Å². The molecule has 1 atom stereocenters. The number of halogens is 4. The highest BCUT2D eigenvalue weighted by molar-refractivity contribution is 5.73. The molecule has 0 heterocycles. The van der Waals surface area contributed by atoms with Crippen molar-refractivity contribution in [1.82, 2.24) is 0 Å². The quantitative estimate of drug-likeness (QED) is 0.518. The summed E-state index contributed by atoms with van der Waals surface area (Å²) in [7, 11) is 1.33. The van der Waals surface area contributed by atoms with E-state index in [1.165, 1.54) is 31.5 Å². The Morgan fingerprint density at radius 2 is 1.89 bits per heavy atom. The third kappa shape index (κ3) is 4.42. The Morgan fingerprint density at radius 3 is 2.44 bits per heavy atom. The second kappa shape index (κ2) is 8.62. The summed E-state index contributed by atoms with van der Waals surface area (Å²) in [6.45, 7) is 2.23. The molecule has 2 aromatic carbocycles. The molecule has 2 rings (SSSR count). The summed E-state index contributed by atoms with van der Waals surface area (Å²) in [5.41, 5.74) is 6.34. The van der Waals surface area contributed by atoms with Gasteiger partial charge in [-0.1, -0.05) is 25.6 Å². The maximum atomic E-state index is 15.3. The topological polar surface area (TPSA) is 44.5 Å². The number of methoxy groups -OCH3 is 1. The average molecular weight is 381 g/mol. The van der Waals surface area contributed by atoms with Crippen molar-refractivity contribution in [2.75, 3.05) is 7.11 Å². The van der Waals surface area contributed by atoms with Gasteiger partial charge in [0.05, 0.1) is 12.7 Å². The van der Waals surface area contributed by atoms with Crippen LogP contribution in [0, 0.1) is 11.6 Å². The van der Waals surface area contributed by atoms with E-state index in [0.29, 0.717) is 5.57 Å². The van der Waals surface area contributed by atoms with Gasteiger partial charge in [-0.2, -0.15) is 8.78 Å². The highest BCUT2D eigenvalue weighted by Gasteiger charge is 2.22. The van der Waals surface area contributed by atoms with Crippen LogP contribution in [-0.2, 0) is 0 Å². The Hall–Kier alpha value is -2.96. The van der Waals surface area contributed by atoms with E-state index in [4.69, 9.17) is 10.5 Å². The van der Waals surface area contributed by atoms with Crippen LogP contribution in [0.5, 0.6) is 11.5 Å². The lowest BCUT2D eigenvalue weighted by molar-refractivity contribution is -0.0499. The summed E-state index contributed by atoms with van der Waals surface area (Å²) in [4.78, 5) is 0. The monoisotopic (exact) mass is 381 g/mol. The maximum absolute atomic E-state index is 15.3. The zero-order chi connectivity index (χ0) is 20.1. The molecule has 0 radical (unpaired) electrons. The summed E-state index contributed by atoms with van der Waals surface area (Å²) in [5, 5.41) is 0. The lowest BCUT2D eigenvalue weighted by atomic mass is 9.89. The normalized spacial score (nSPS) is 12.8. The zero-order valence-corrected chi connectivity index (χ0v) is 14.8. The molecule has 0 aliphatic carbocycles. The van der Waals surface area contributed by atoms with Gasteiger partial charge >= 0.3 is 6.61 Å². The molecule has 0 amide bonds. The van der Waals surface area contributed by atoms with Gasteiger partial charge in [0.1, 0.15) is 23.1 Å². The van der Waals surface area contributed by atoms with Gasteiger partial charge in [0.15, 0.2) is 0 Å². The van der Waals surface area contributed by atoms with Gasteiger partial charge in [-0.25, -0.2) is 8.78 Å². The number of hydrogen-bond acceptors (Lipinski definition) is 3. The van der Waals surface area contributed by atoms with E-state index in [9.17, 15) is 13.2 Å². The standard InChI is InChI=1S/C20H19F4NO2/c1-4-12(10-25)11(2)16-5-6-17(26-3)18(19(16)22)13-7-14(21)9-15(8-13)27-20(23)24/h4-11,20H,1,25H2,2-3H3/b12-10+/t11-/m0/s1. The summed E-state index contributed by atoms with van der Waals surface area (Å²) in [5.74, 6) is -2.28. The number of ether oxygens (including phenoxy) is 2. The third-order valence-electron chi connectivity index (χ3n) is 4.13. The van der Waals surface area contributed by atoms with E-state index in [0.717, 1.165) is 18.2 Å². The van der Waals surface area contributed by atoms with Crippen molar-refractivity contribution >= 4 is 0 Å². The van der Waals surface area contributed by atoms with Crippen molar-refractivity contribution in [1.29, 1.82) is 0 Å². The van der Waals surface area contributed by atoms with Crippen LogP contribution >= 0.6 is 0 Å². The highest BCUT2D eigenvalue weighted by atomic mass is 19.3. The molecule has 3 nitrogen and oxygen atoms in total. The summed E-state index contributed by atoms with van der Waals surface area (Å²) in [6, 6.07) is 5.96. The first kappa shape index (κ1) is 20.4. The van der Waals surface area contributed by atoms with Gasteiger partial charge < -0.3 is 15.2 Å². The second-order valence-corrected chi connectivity index (χ2v) is 5.69. The molecule has 0 aromatic heterocycles. The summed E-state index contributed by atoms with van der Waals surface area (Å²) >= 11 is 0. The lowest BCUT2D eigenvalue weighted by Gasteiger charge is -2.19. The molecular formula is C20H19F4NO2. The van der Waals surface area contributed by atoms with Crippen LogP contribution in [0.25, 0.3) is 11.1 Å². The van der Waals surface area contributed by atoms with E-state index in [1.807, 2.05) is 0 Å². The van der Waals surface area contributed by atoms with Gasteiger partial charge in [-0.15, -0.1) is 0 Å². The zero-order valence-electron chi connectivity index (χ0n) is 14.8. The molecule has 7 heteroatoms. The van der Waals surface area contributed by atoms with Gasteiger partial charge in [-0.05, 0) is 41.1 Å². The minimum Gasteiger partial charge on any atom is -0.496 e. The van der Waals surface area contributed by atoms with Crippen molar-refractivity contribution in [2.24, 2.45) is 5.73 Å². The number of allylic oxidation sites excluding steroid dienone is 2. The molecule has 0 fully saturated rings. The van der Waals surface area contributed by atoms with E-state index in [2.05, 4.69) is 11.3 Å². The molecule has 0 aliphatic rings. The number of nitrogens with two attached hydrogens (primary N) is 1. The Labute approximate surface area is 154 Å². The smallest absolute Gasteiger partial charge is 0.387 e. The Kier molecular flexibility index (Phi) is 6.50. The van der Waals surface area contributed by atoms with E-state index < -0.39 is 29.9 Å². The Bertz CT molecular complexity index is 865. The Morgan fingerprint density at radius 1 is 1.19 bits per heavy atom. The number of rotatable bonds is 7. The molecule has 0 bridgehead atoms. The van der Waals surface area contributed by atoms with Crippen molar-refractivity contribution < 1.29 is 27.0 Å². The number of alkyl halides is 2. The molecule has 0 spiro atoms. The Balaban J connectivity index is 2.67. The molecule has 0 unspecified atom stereocenters. The molecule has 0 aliphatic heterocycles. The predicted octanol–water partition coefficient (Wildman–Crippen LogP) is 5.37. The van der Waals surface area contributed by atoms with Crippen molar-refractivity contribution in [3.63, 3.8) is 0 Å². The maximum Gasteiger partial charge on any atom is 0.387 e. The fraction of sp³-hybridized carbons (Fsp3) is 0.200. The van der Waals surface area contributed by atoms with Crippen molar-refractivity contribution in [3.05, 3.63) is 72.0 Å². The number of hydrogen-bond donors (Lipinski definition) is 1. The number of benzene rings is 2. The summed E-state index contributed by atoms with van der Waals surface area (Å²) < 4.78 is 63.6. The van der Waals surface area contributed by atoms with Crippen LogP contribution in [0.3, 0.4) is 0 Å². The first-order chi connectivity index (χ1) is 12.8. The first-order valence-corrected chi connectivity index (χ1v) is 7.98. The molecule has 144 valence electrons. The minimum atomic E-state index is -3.14. The minimum absolute atomic E-state index is 0.00549. The van der Waals surface area contributed by atoms with Gasteiger partial charge in [-0.3, -0.25) is 0 Å². The molecule has 27 heavy (non-hydrogen) atoms. The van der Waals surface area contributed by atoms with Crippen LogP contribution < -0.4 is 15.2 Å². The molecule has 2 aromatic rings. The largest absolute Gasteiger partial charge is 0.496 e. The molecule has 0 saturated heterocycles. The van der Waals surface area contributed by atoms with Gasteiger partial charge in [0, 0.05) is 12.0 Å². The summed E-state index contributed by atoms with van der Waals surface area (Å²) in [6.07, 6.45) is 2.82. The van der Waals surface area contributed by atoms with E-state index >= 15 is 4.39 Å². The van der Waals surface area contributed by atoms with Crippen molar-refractivity contribution in [3.8, 4) is 22.6 Å². The van der Waals surface area contributed by atoms with Crippen LogP contribution in [0.2, 0.25) is 0 Å². The van der Waals surface area contributed by atoms with Gasteiger partial charge in [0.2, 0.25) is 0 Å². The van der Waals surface area contributed by atoms with Crippen molar-refractivity contribution in [2.45, 2.75) is 19.5 Å². The van der Waals surface area contributed by atoms with Crippen LogP contribution in [-0.4, -0.2) is 13.7 Å². The molecule has 0 saturated carbocycles. The first-order valence-electron chi connectivity index (χ1n) is 7.98. The highest BCUT2D eigenvalue weighted by Crippen LogP contribution is 2.39. The third-order valence-corrected chi connectivity index (χ3v) is 4.13.